The number of alkyl halides is 6. The fraction of sp³-hybridized carbons (Fsp3) is 1.00. The third kappa shape index (κ3) is 1.81. The lowest BCUT2D eigenvalue weighted by atomic mass is 10.2. The summed E-state index contributed by atoms with van der Waals surface area (Å²) in [5.74, 6) is -4.65. The number of rotatable bonds is 1. The molecule has 6 heteroatoms. The van der Waals surface area contributed by atoms with E-state index in [1.54, 1.807) is 0 Å². The van der Waals surface area contributed by atoms with Gasteiger partial charge in [-0.3, -0.25) is 0 Å². The molecule has 0 radical (unpaired) electrons. The van der Waals surface area contributed by atoms with E-state index in [1.807, 2.05) is 0 Å². The summed E-state index contributed by atoms with van der Waals surface area (Å²) >= 11 is 2.16. The molecular weight excluding hydrogens is 223 g/mol. The zero-order valence-corrected chi connectivity index (χ0v) is 6.43. The summed E-state index contributed by atoms with van der Waals surface area (Å²) in [7, 11) is 0. The van der Waals surface area contributed by atoms with Gasteiger partial charge in [-0.15, -0.1) is 0 Å². The van der Waals surface area contributed by atoms with E-state index < -0.39 is 16.9 Å². The molecule has 1 atom stereocenters. The molecule has 0 saturated heterocycles. The molecule has 1 unspecified atom stereocenters. The Morgan fingerprint density at radius 3 is 1.40 bits per heavy atom. The van der Waals surface area contributed by atoms with Gasteiger partial charge in [0.1, 0.15) is 0 Å². The summed E-state index contributed by atoms with van der Waals surface area (Å²) in [5.41, 5.74) is 0. The Morgan fingerprint density at radius 1 is 1.10 bits per heavy atom. The first kappa shape index (κ1) is 10.1. The highest BCUT2D eigenvalue weighted by atomic mass is 79.9. The Bertz CT molecular complexity index is 115. The topological polar surface area (TPSA) is 0 Å². The molecule has 0 aliphatic heterocycles. The summed E-state index contributed by atoms with van der Waals surface area (Å²) < 4.78 is 57.7. The van der Waals surface area contributed by atoms with Crippen LogP contribution < -0.4 is 0 Å². The Morgan fingerprint density at radius 2 is 1.40 bits per heavy atom. The van der Waals surface area contributed by atoms with Crippen LogP contribution in [0.25, 0.3) is 0 Å². The van der Waals surface area contributed by atoms with Crippen molar-refractivity contribution in [2.45, 2.75) is 23.8 Å². The van der Waals surface area contributed by atoms with Gasteiger partial charge in [-0.05, 0) is 6.92 Å². The van der Waals surface area contributed by atoms with Crippen molar-refractivity contribution < 1.29 is 22.0 Å². The Hall–Kier alpha value is 0.130. The van der Waals surface area contributed by atoms with Crippen LogP contribution in [0.4, 0.5) is 22.0 Å². The van der Waals surface area contributed by atoms with E-state index in [9.17, 15) is 22.0 Å². The fourth-order valence-electron chi connectivity index (χ4n) is 0.226. The molecule has 10 heavy (non-hydrogen) atoms. The van der Waals surface area contributed by atoms with Gasteiger partial charge < -0.3 is 0 Å². The molecule has 0 amide bonds. The molecule has 0 aromatic heterocycles. The highest BCUT2D eigenvalue weighted by molar-refractivity contribution is 9.09. The van der Waals surface area contributed by atoms with Crippen molar-refractivity contribution >= 4 is 15.9 Å². The number of halogens is 6. The molecule has 0 aromatic carbocycles. The highest BCUT2D eigenvalue weighted by Crippen LogP contribution is 2.40. The second-order valence-electron chi connectivity index (χ2n) is 1.74. The monoisotopic (exact) mass is 226 g/mol. The quantitative estimate of drug-likeness (QED) is 0.477. The standard InChI is InChI=1S/C4H4BrF5/c1-2(5)3(6,7)4(8,9)10/h2H,1H3. The van der Waals surface area contributed by atoms with Crippen molar-refractivity contribution in [2.75, 3.05) is 0 Å². The zero-order valence-electron chi connectivity index (χ0n) is 4.85. The maximum absolute atomic E-state index is 11.9. The molecule has 62 valence electrons. The third-order valence-electron chi connectivity index (χ3n) is 0.878. The van der Waals surface area contributed by atoms with Gasteiger partial charge in [-0.25, -0.2) is 0 Å². The van der Waals surface area contributed by atoms with Crippen molar-refractivity contribution in [1.29, 1.82) is 0 Å². The Labute approximate surface area is 62.5 Å². The minimum atomic E-state index is -5.46. The van der Waals surface area contributed by atoms with Crippen LogP contribution in [0.15, 0.2) is 0 Å². The van der Waals surface area contributed by atoms with Crippen LogP contribution in [0.3, 0.4) is 0 Å². The van der Waals surface area contributed by atoms with Gasteiger partial charge in [0.15, 0.2) is 0 Å². The van der Waals surface area contributed by atoms with Gasteiger partial charge in [0.2, 0.25) is 0 Å². The molecular formula is C4H4BrF5. The molecule has 0 aliphatic carbocycles. The molecule has 0 aliphatic rings. The average molecular weight is 227 g/mol. The third-order valence-corrected chi connectivity index (χ3v) is 1.45. The van der Waals surface area contributed by atoms with Crippen molar-refractivity contribution in [3.8, 4) is 0 Å². The van der Waals surface area contributed by atoms with Gasteiger partial charge in [0.25, 0.3) is 0 Å². The van der Waals surface area contributed by atoms with E-state index >= 15 is 0 Å². The number of hydrogen-bond acceptors (Lipinski definition) is 0. The van der Waals surface area contributed by atoms with E-state index in [0.717, 1.165) is 6.92 Å². The maximum atomic E-state index is 11.9. The van der Waals surface area contributed by atoms with Gasteiger partial charge in [-0.2, -0.15) is 22.0 Å². The lowest BCUT2D eigenvalue weighted by Gasteiger charge is -2.21. The minimum Gasteiger partial charge on any atom is -0.195 e. The van der Waals surface area contributed by atoms with Crippen LogP contribution in [0, 0.1) is 0 Å². The normalized spacial score (nSPS) is 17.1. The van der Waals surface area contributed by atoms with Crippen LogP contribution in [0.1, 0.15) is 6.92 Å². The SMILES string of the molecule is CC(Br)C(F)(F)C(F)(F)F. The van der Waals surface area contributed by atoms with Crippen molar-refractivity contribution in [3.05, 3.63) is 0 Å². The lowest BCUT2D eigenvalue weighted by Crippen LogP contribution is -2.42. The van der Waals surface area contributed by atoms with E-state index in [0.29, 0.717) is 0 Å². The van der Waals surface area contributed by atoms with E-state index in [1.165, 1.54) is 0 Å². The van der Waals surface area contributed by atoms with Crippen LogP contribution in [0.5, 0.6) is 0 Å². The maximum Gasteiger partial charge on any atom is 0.454 e. The molecule has 0 spiro atoms. The first-order chi connectivity index (χ1) is 4.19. The van der Waals surface area contributed by atoms with E-state index in [4.69, 9.17) is 0 Å². The van der Waals surface area contributed by atoms with E-state index in [2.05, 4.69) is 15.9 Å². The van der Waals surface area contributed by atoms with Crippen molar-refractivity contribution in [1.82, 2.24) is 0 Å². The van der Waals surface area contributed by atoms with Gasteiger partial charge >= 0.3 is 12.1 Å². The van der Waals surface area contributed by atoms with E-state index in [-0.39, 0.29) is 0 Å². The Kier molecular flexibility index (Phi) is 2.67. The molecule has 0 saturated carbocycles. The summed E-state index contributed by atoms with van der Waals surface area (Å²) in [5, 5.41) is 0. The first-order valence-electron chi connectivity index (χ1n) is 2.28. The van der Waals surface area contributed by atoms with Crippen LogP contribution >= 0.6 is 15.9 Å². The van der Waals surface area contributed by atoms with Crippen molar-refractivity contribution in [3.63, 3.8) is 0 Å². The van der Waals surface area contributed by atoms with Crippen molar-refractivity contribution in [2.24, 2.45) is 0 Å². The van der Waals surface area contributed by atoms with Gasteiger partial charge in [0, 0.05) is 0 Å². The molecule has 0 nitrogen and oxygen atoms in total. The van der Waals surface area contributed by atoms with Crippen LogP contribution in [-0.2, 0) is 0 Å². The smallest absolute Gasteiger partial charge is 0.195 e. The van der Waals surface area contributed by atoms with Gasteiger partial charge in [-0.1, -0.05) is 15.9 Å². The minimum absolute atomic E-state index is 0.744. The first-order valence-corrected chi connectivity index (χ1v) is 3.19. The average Bonchev–Trinajstić information content (AvgIpc) is 1.62. The molecule has 0 heterocycles. The van der Waals surface area contributed by atoms with Crippen LogP contribution in [-0.4, -0.2) is 16.9 Å². The molecule has 0 fully saturated rings. The second-order valence-corrected chi connectivity index (χ2v) is 3.11. The summed E-state index contributed by atoms with van der Waals surface area (Å²) in [4.78, 5) is -1.89. The predicted octanol–water partition coefficient (Wildman–Crippen LogP) is 2.97. The lowest BCUT2D eigenvalue weighted by molar-refractivity contribution is -0.279. The highest BCUT2D eigenvalue weighted by Gasteiger charge is 2.60. The van der Waals surface area contributed by atoms with Gasteiger partial charge in [0.05, 0.1) is 4.83 Å². The second kappa shape index (κ2) is 2.64. The fourth-order valence-corrected chi connectivity index (χ4v) is 0.485. The van der Waals surface area contributed by atoms with Crippen LogP contribution in [0.2, 0.25) is 0 Å². The summed E-state index contributed by atoms with van der Waals surface area (Å²) in [6.07, 6.45) is -5.46. The molecule has 0 aromatic rings. The molecule has 0 rings (SSSR count). The largest absolute Gasteiger partial charge is 0.454 e. The predicted molar refractivity (Wildman–Crippen MR) is 29.4 cm³/mol. The number of hydrogen-bond donors (Lipinski definition) is 0. The Balaban J connectivity index is 4.40. The zero-order chi connectivity index (χ0) is 8.58. The molecule has 0 N–H and O–H groups in total. The summed E-state index contributed by atoms with van der Waals surface area (Å²) in [6.45, 7) is 0.744. The molecule has 0 bridgehead atoms. The summed E-state index contributed by atoms with van der Waals surface area (Å²) in [6, 6.07) is 0.